The van der Waals surface area contributed by atoms with E-state index in [-0.39, 0.29) is 0 Å². The second-order valence-electron chi connectivity index (χ2n) is 6.85. The van der Waals surface area contributed by atoms with Gasteiger partial charge in [0.05, 0.1) is 19.3 Å². The molecule has 0 aliphatic carbocycles. The van der Waals surface area contributed by atoms with Crippen molar-refractivity contribution in [2.45, 2.75) is 37.5 Å². The van der Waals surface area contributed by atoms with Crippen molar-refractivity contribution in [3.63, 3.8) is 0 Å². The Morgan fingerprint density at radius 2 is 1.77 bits per heavy atom. The minimum absolute atomic E-state index is 0.508. The summed E-state index contributed by atoms with van der Waals surface area (Å²) in [5.41, 5.74) is 1.41. The highest BCUT2D eigenvalue weighted by Crippen LogP contribution is 2.25. The molecule has 4 rings (SSSR count). The lowest BCUT2D eigenvalue weighted by Gasteiger charge is -2.50. The van der Waals surface area contributed by atoms with Crippen molar-refractivity contribution >= 4 is 0 Å². The molecule has 0 saturated carbocycles. The number of hydrogen-bond donors (Lipinski definition) is 1. The molecule has 1 N–H and O–H groups in total. The molecule has 0 amide bonds. The van der Waals surface area contributed by atoms with Gasteiger partial charge in [-0.3, -0.25) is 9.80 Å². The summed E-state index contributed by atoms with van der Waals surface area (Å²) < 4.78 is 6.01. The molecule has 1 aromatic carbocycles. The predicted octanol–water partition coefficient (Wildman–Crippen LogP) is 1.32. The molecule has 22 heavy (non-hydrogen) atoms. The Morgan fingerprint density at radius 3 is 2.59 bits per heavy atom. The molecule has 0 bridgehead atoms. The molecule has 1 aromatic rings. The van der Waals surface area contributed by atoms with Gasteiger partial charge in [-0.2, -0.15) is 0 Å². The van der Waals surface area contributed by atoms with E-state index < -0.39 is 0 Å². The Bertz CT molecular complexity index is 474. The Labute approximate surface area is 133 Å². The van der Waals surface area contributed by atoms with Crippen LogP contribution in [-0.2, 0) is 11.3 Å². The monoisotopic (exact) mass is 301 g/mol. The van der Waals surface area contributed by atoms with Crippen LogP contribution in [0.4, 0.5) is 0 Å². The molecule has 3 heterocycles. The number of nitrogens with zero attached hydrogens (tertiary/aromatic N) is 2. The Balaban J connectivity index is 1.48. The number of likely N-dealkylation sites (tertiary alicyclic amines) is 1. The fourth-order valence-corrected chi connectivity index (χ4v) is 4.34. The van der Waals surface area contributed by atoms with E-state index in [0.717, 1.165) is 32.8 Å². The number of piperazine rings is 1. The number of nitrogens with one attached hydrogen (secondary N) is 1. The van der Waals surface area contributed by atoms with E-state index in [1.807, 2.05) is 0 Å². The first-order chi connectivity index (χ1) is 10.9. The topological polar surface area (TPSA) is 27.7 Å². The van der Waals surface area contributed by atoms with E-state index in [2.05, 4.69) is 45.4 Å². The van der Waals surface area contributed by atoms with Gasteiger partial charge in [-0.05, 0) is 31.5 Å². The van der Waals surface area contributed by atoms with Crippen molar-refractivity contribution in [1.29, 1.82) is 0 Å². The molecule has 3 aliphatic heterocycles. The predicted molar refractivity (Wildman–Crippen MR) is 87.8 cm³/mol. The molecule has 0 spiro atoms. The number of rotatable bonds is 3. The highest BCUT2D eigenvalue weighted by atomic mass is 16.5. The Hall–Kier alpha value is -0.940. The first kappa shape index (κ1) is 14.6. The SMILES string of the molecule is c1ccc(CN2CCN[C@H]3[C@H]2COC[C@@H]3N2CCCC2)cc1. The zero-order valence-electron chi connectivity index (χ0n) is 13.3. The molecule has 0 unspecified atom stereocenters. The maximum absolute atomic E-state index is 6.01. The van der Waals surface area contributed by atoms with Crippen molar-refractivity contribution in [2.24, 2.45) is 0 Å². The lowest BCUT2D eigenvalue weighted by Crippen LogP contribution is -2.69. The summed E-state index contributed by atoms with van der Waals surface area (Å²) in [7, 11) is 0. The van der Waals surface area contributed by atoms with Crippen LogP contribution < -0.4 is 5.32 Å². The summed E-state index contributed by atoms with van der Waals surface area (Å²) in [6, 6.07) is 12.5. The van der Waals surface area contributed by atoms with E-state index in [0.29, 0.717) is 18.1 Å². The van der Waals surface area contributed by atoms with Gasteiger partial charge in [0.25, 0.3) is 0 Å². The minimum atomic E-state index is 0.508. The van der Waals surface area contributed by atoms with Crippen LogP contribution in [0.3, 0.4) is 0 Å². The molecule has 4 heteroatoms. The highest BCUT2D eigenvalue weighted by molar-refractivity contribution is 5.15. The second kappa shape index (κ2) is 6.67. The molecule has 120 valence electrons. The van der Waals surface area contributed by atoms with Crippen molar-refractivity contribution < 1.29 is 4.74 Å². The van der Waals surface area contributed by atoms with Crippen LogP contribution in [0, 0.1) is 0 Å². The summed E-state index contributed by atoms with van der Waals surface area (Å²) >= 11 is 0. The molecule has 3 atom stereocenters. The fourth-order valence-electron chi connectivity index (χ4n) is 4.34. The molecule has 4 nitrogen and oxygen atoms in total. The van der Waals surface area contributed by atoms with Crippen LogP contribution in [-0.4, -0.2) is 67.3 Å². The average Bonchev–Trinajstić information content (AvgIpc) is 3.10. The molecule has 3 aliphatic rings. The number of benzene rings is 1. The summed E-state index contributed by atoms with van der Waals surface area (Å²) in [4.78, 5) is 5.27. The maximum atomic E-state index is 6.01. The van der Waals surface area contributed by atoms with E-state index in [4.69, 9.17) is 4.74 Å². The van der Waals surface area contributed by atoms with Gasteiger partial charge in [0.15, 0.2) is 0 Å². The lowest BCUT2D eigenvalue weighted by atomic mass is 9.93. The third kappa shape index (κ3) is 2.93. The van der Waals surface area contributed by atoms with Crippen LogP contribution in [0.25, 0.3) is 0 Å². The molecule has 0 radical (unpaired) electrons. The van der Waals surface area contributed by atoms with Crippen molar-refractivity contribution in [3.05, 3.63) is 35.9 Å². The van der Waals surface area contributed by atoms with E-state index in [1.165, 1.54) is 31.5 Å². The number of fused-ring (bicyclic) bond motifs is 1. The number of hydrogen-bond acceptors (Lipinski definition) is 4. The molecular formula is C18H27N3O. The van der Waals surface area contributed by atoms with Gasteiger partial charge in [0, 0.05) is 31.7 Å². The van der Waals surface area contributed by atoms with E-state index in [1.54, 1.807) is 0 Å². The second-order valence-corrected chi connectivity index (χ2v) is 6.85. The lowest BCUT2D eigenvalue weighted by molar-refractivity contribution is -0.0682. The molecule has 3 fully saturated rings. The maximum Gasteiger partial charge on any atom is 0.0638 e. The standard InChI is InChI=1S/C18H27N3O/c1-2-6-15(7-3-1)12-21-11-8-19-18-16(13-22-14-17(18)21)20-9-4-5-10-20/h1-3,6-7,16-19H,4-5,8-14H2/t16-,17+,18+/m0/s1. The third-order valence-corrected chi connectivity index (χ3v) is 5.49. The average molecular weight is 301 g/mol. The summed E-state index contributed by atoms with van der Waals surface area (Å²) in [5, 5.41) is 3.80. The van der Waals surface area contributed by atoms with Crippen molar-refractivity contribution in [1.82, 2.24) is 15.1 Å². The normalized spacial score (nSPS) is 33.7. The van der Waals surface area contributed by atoms with Crippen LogP contribution in [0.2, 0.25) is 0 Å². The van der Waals surface area contributed by atoms with Gasteiger partial charge >= 0.3 is 0 Å². The van der Waals surface area contributed by atoms with Gasteiger partial charge in [0.2, 0.25) is 0 Å². The Morgan fingerprint density at radius 1 is 1.00 bits per heavy atom. The van der Waals surface area contributed by atoms with Crippen molar-refractivity contribution in [2.75, 3.05) is 39.4 Å². The fraction of sp³-hybridized carbons (Fsp3) is 0.667. The van der Waals surface area contributed by atoms with Crippen LogP contribution in [0.15, 0.2) is 30.3 Å². The quantitative estimate of drug-likeness (QED) is 0.911. The third-order valence-electron chi connectivity index (χ3n) is 5.49. The zero-order valence-corrected chi connectivity index (χ0v) is 13.3. The molecular weight excluding hydrogens is 274 g/mol. The van der Waals surface area contributed by atoms with Crippen LogP contribution in [0.1, 0.15) is 18.4 Å². The molecule has 0 aromatic heterocycles. The summed E-state index contributed by atoms with van der Waals surface area (Å²) in [6.45, 7) is 7.52. The highest BCUT2D eigenvalue weighted by Gasteiger charge is 2.42. The Kier molecular flexibility index (Phi) is 4.44. The minimum Gasteiger partial charge on any atom is -0.378 e. The van der Waals surface area contributed by atoms with Gasteiger partial charge in [0.1, 0.15) is 0 Å². The van der Waals surface area contributed by atoms with E-state index in [9.17, 15) is 0 Å². The van der Waals surface area contributed by atoms with Gasteiger partial charge in [-0.25, -0.2) is 0 Å². The van der Waals surface area contributed by atoms with Gasteiger partial charge in [-0.15, -0.1) is 0 Å². The number of ether oxygens (including phenoxy) is 1. The van der Waals surface area contributed by atoms with E-state index >= 15 is 0 Å². The largest absolute Gasteiger partial charge is 0.378 e. The zero-order chi connectivity index (χ0) is 14.8. The van der Waals surface area contributed by atoms with Crippen LogP contribution in [0.5, 0.6) is 0 Å². The van der Waals surface area contributed by atoms with Gasteiger partial charge < -0.3 is 10.1 Å². The first-order valence-electron chi connectivity index (χ1n) is 8.75. The summed E-state index contributed by atoms with van der Waals surface area (Å²) in [6.07, 6.45) is 2.70. The first-order valence-corrected chi connectivity index (χ1v) is 8.75. The smallest absolute Gasteiger partial charge is 0.0638 e. The molecule has 3 saturated heterocycles. The van der Waals surface area contributed by atoms with Crippen LogP contribution >= 0.6 is 0 Å². The van der Waals surface area contributed by atoms with Gasteiger partial charge in [-0.1, -0.05) is 30.3 Å². The summed E-state index contributed by atoms with van der Waals surface area (Å²) in [5.74, 6) is 0. The van der Waals surface area contributed by atoms with Crippen molar-refractivity contribution in [3.8, 4) is 0 Å².